The van der Waals surface area contributed by atoms with Crippen LogP contribution in [0.3, 0.4) is 0 Å². The van der Waals surface area contributed by atoms with Gasteiger partial charge in [-0.3, -0.25) is 4.84 Å². The summed E-state index contributed by atoms with van der Waals surface area (Å²) in [5, 5.41) is 2.33. The van der Waals surface area contributed by atoms with Crippen LogP contribution in [0.15, 0.2) is 30.3 Å². The molecule has 1 aromatic carbocycles. The molecule has 3 rings (SSSR count). The first kappa shape index (κ1) is 26.7. The fourth-order valence-corrected chi connectivity index (χ4v) is 5.99. The minimum absolute atomic E-state index is 0.0147. The fraction of sp³-hybridized carbons (Fsp3) is 0.793. The molecule has 4 heteroatoms. The van der Waals surface area contributed by atoms with Gasteiger partial charge in [0.2, 0.25) is 0 Å². The maximum absolute atomic E-state index is 6.85. The molecular formula is C29H49NO3. The largest absolute Gasteiger partial charge is 0.349 e. The van der Waals surface area contributed by atoms with Crippen LogP contribution in [-0.4, -0.2) is 35.1 Å². The van der Waals surface area contributed by atoms with Crippen LogP contribution < -0.4 is 0 Å². The van der Waals surface area contributed by atoms with Gasteiger partial charge in [0.25, 0.3) is 0 Å². The summed E-state index contributed by atoms with van der Waals surface area (Å²) in [4.78, 5) is 6.83. The van der Waals surface area contributed by atoms with Crippen molar-refractivity contribution in [1.82, 2.24) is 5.06 Å². The highest BCUT2D eigenvalue weighted by Crippen LogP contribution is 2.55. The third-order valence-corrected chi connectivity index (χ3v) is 9.24. The standard InChI is InChI=1S/C29H49NO3/c1-9-13-19-28(12-4)21-31-29(32-22-28)20-26(7,10-2)30(27(8,11-3)24(29)6)33-23(5)25-17-15-14-16-18-25/h14-18,23-24H,9-13,19-22H2,1-8H3. The Morgan fingerprint density at radius 3 is 2.15 bits per heavy atom. The van der Waals surface area contributed by atoms with Crippen LogP contribution in [0.4, 0.5) is 0 Å². The molecule has 0 bridgehead atoms. The molecule has 4 nitrogen and oxygen atoms in total. The maximum Gasteiger partial charge on any atom is 0.174 e. The lowest BCUT2D eigenvalue weighted by Gasteiger charge is -2.64. The van der Waals surface area contributed by atoms with Crippen molar-refractivity contribution in [2.24, 2.45) is 11.3 Å². The summed E-state index contributed by atoms with van der Waals surface area (Å²) < 4.78 is 13.7. The topological polar surface area (TPSA) is 30.9 Å². The molecular weight excluding hydrogens is 410 g/mol. The van der Waals surface area contributed by atoms with Crippen molar-refractivity contribution in [1.29, 1.82) is 0 Å². The number of hydroxylamine groups is 2. The average Bonchev–Trinajstić information content (AvgIpc) is 2.85. The highest BCUT2D eigenvalue weighted by molar-refractivity contribution is 5.17. The Hall–Kier alpha value is -0.940. The van der Waals surface area contributed by atoms with Gasteiger partial charge in [-0.15, -0.1) is 0 Å². The SMILES string of the molecule is CCCCC1(CC)COC2(CC(C)(CC)N(OC(C)c3ccccc3)C(C)(CC)C2C)OC1. The molecule has 2 saturated heterocycles. The molecule has 0 N–H and O–H groups in total. The van der Waals surface area contributed by atoms with Crippen LogP contribution in [0, 0.1) is 11.3 Å². The summed E-state index contributed by atoms with van der Waals surface area (Å²) in [6.45, 7) is 19.8. The summed E-state index contributed by atoms with van der Waals surface area (Å²) in [7, 11) is 0. The predicted molar refractivity (Wildman–Crippen MR) is 136 cm³/mol. The summed E-state index contributed by atoms with van der Waals surface area (Å²) in [5.74, 6) is -0.380. The van der Waals surface area contributed by atoms with Crippen LogP contribution in [-0.2, 0) is 14.3 Å². The van der Waals surface area contributed by atoms with Crippen LogP contribution in [0.2, 0.25) is 0 Å². The van der Waals surface area contributed by atoms with E-state index < -0.39 is 5.79 Å². The van der Waals surface area contributed by atoms with Gasteiger partial charge in [-0.05, 0) is 52.0 Å². The average molecular weight is 460 g/mol. The predicted octanol–water partition coefficient (Wildman–Crippen LogP) is 7.69. The molecule has 188 valence electrons. The van der Waals surface area contributed by atoms with E-state index in [0.29, 0.717) is 0 Å². The molecule has 0 radical (unpaired) electrons. The van der Waals surface area contributed by atoms with Crippen molar-refractivity contribution in [2.45, 2.75) is 123 Å². The van der Waals surface area contributed by atoms with E-state index in [0.717, 1.165) is 38.9 Å². The van der Waals surface area contributed by atoms with Crippen molar-refractivity contribution in [2.75, 3.05) is 13.2 Å². The quantitative estimate of drug-likeness (QED) is 0.379. The minimum atomic E-state index is -0.559. The van der Waals surface area contributed by atoms with Gasteiger partial charge >= 0.3 is 0 Å². The zero-order chi connectivity index (χ0) is 24.3. The third-order valence-electron chi connectivity index (χ3n) is 9.24. The Kier molecular flexibility index (Phi) is 8.37. The fourth-order valence-electron chi connectivity index (χ4n) is 5.99. The van der Waals surface area contributed by atoms with Crippen molar-refractivity contribution in [3.05, 3.63) is 35.9 Å². The molecule has 2 heterocycles. The van der Waals surface area contributed by atoms with E-state index in [9.17, 15) is 0 Å². The van der Waals surface area contributed by atoms with E-state index in [1.165, 1.54) is 24.8 Å². The van der Waals surface area contributed by atoms with Gasteiger partial charge in [-0.2, -0.15) is 5.06 Å². The number of rotatable bonds is 9. The first-order chi connectivity index (χ1) is 15.6. The number of unbranched alkanes of at least 4 members (excludes halogenated alkanes) is 1. The number of benzene rings is 1. The van der Waals surface area contributed by atoms with Crippen molar-refractivity contribution in [3.63, 3.8) is 0 Å². The summed E-state index contributed by atoms with van der Waals surface area (Å²) >= 11 is 0. The maximum atomic E-state index is 6.85. The lowest BCUT2D eigenvalue weighted by atomic mass is 9.66. The summed E-state index contributed by atoms with van der Waals surface area (Å²) in [6.07, 6.45) is 7.50. The number of ether oxygens (including phenoxy) is 2. The Morgan fingerprint density at radius 1 is 1.00 bits per heavy atom. The molecule has 0 aliphatic carbocycles. The van der Waals surface area contributed by atoms with Gasteiger partial charge in [0.05, 0.1) is 18.8 Å². The molecule has 4 atom stereocenters. The van der Waals surface area contributed by atoms with E-state index in [-0.39, 0.29) is 28.5 Å². The monoisotopic (exact) mass is 459 g/mol. The molecule has 1 aromatic rings. The number of hydrogen-bond acceptors (Lipinski definition) is 4. The van der Waals surface area contributed by atoms with Gasteiger partial charge in [-0.25, -0.2) is 0 Å². The smallest absolute Gasteiger partial charge is 0.174 e. The second-order valence-electron chi connectivity index (χ2n) is 11.3. The molecule has 2 aliphatic heterocycles. The van der Waals surface area contributed by atoms with Gasteiger partial charge < -0.3 is 9.47 Å². The molecule has 4 unspecified atom stereocenters. The zero-order valence-electron chi connectivity index (χ0n) is 22.6. The summed E-state index contributed by atoms with van der Waals surface area (Å²) in [5.41, 5.74) is 0.968. The van der Waals surface area contributed by atoms with Crippen molar-refractivity contribution >= 4 is 0 Å². The molecule has 1 spiro atoms. The lowest BCUT2D eigenvalue weighted by Crippen LogP contribution is -2.73. The van der Waals surface area contributed by atoms with Crippen LogP contribution in [0.5, 0.6) is 0 Å². The van der Waals surface area contributed by atoms with E-state index in [4.69, 9.17) is 14.3 Å². The Morgan fingerprint density at radius 2 is 1.64 bits per heavy atom. The van der Waals surface area contributed by atoms with E-state index in [1.54, 1.807) is 0 Å². The second-order valence-corrected chi connectivity index (χ2v) is 11.3. The number of nitrogens with zero attached hydrogens (tertiary/aromatic N) is 1. The van der Waals surface area contributed by atoms with Crippen LogP contribution >= 0.6 is 0 Å². The van der Waals surface area contributed by atoms with Crippen LogP contribution in [0.1, 0.15) is 112 Å². The molecule has 33 heavy (non-hydrogen) atoms. The minimum Gasteiger partial charge on any atom is -0.349 e. The van der Waals surface area contributed by atoms with Crippen molar-refractivity contribution < 1.29 is 14.3 Å². The number of hydrogen-bond donors (Lipinski definition) is 0. The Balaban J connectivity index is 1.89. The van der Waals surface area contributed by atoms with Gasteiger partial charge in [0.1, 0.15) is 6.10 Å². The lowest BCUT2D eigenvalue weighted by molar-refractivity contribution is -0.417. The summed E-state index contributed by atoms with van der Waals surface area (Å²) in [6, 6.07) is 10.5. The molecule has 0 amide bonds. The van der Waals surface area contributed by atoms with Gasteiger partial charge in [0.15, 0.2) is 5.79 Å². The zero-order valence-corrected chi connectivity index (χ0v) is 22.6. The molecule has 0 saturated carbocycles. The third kappa shape index (κ3) is 4.91. The second kappa shape index (κ2) is 10.4. The van der Waals surface area contributed by atoms with E-state index in [1.807, 2.05) is 0 Å². The Bertz CT molecular complexity index is 744. The van der Waals surface area contributed by atoms with Gasteiger partial charge in [-0.1, -0.05) is 77.8 Å². The highest BCUT2D eigenvalue weighted by atomic mass is 16.7. The van der Waals surface area contributed by atoms with E-state index >= 15 is 0 Å². The van der Waals surface area contributed by atoms with Crippen molar-refractivity contribution in [3.8, 4) is 0 Å². The Labute approximate surface area is 203 Å². The first-order valence-electron chi connectivity index (χ1n) is 13.4. The first-order valence-corrected chi connectivity index (χ1v) is 13.4. The normalized spacial score (nSPS) is 38.5. The molecule has 2 fully saturated rings. The number of piperidine rings is 1. The van der Waals surface area contributed by atoms with Gasteiger partial charge in [0, 0.05) is 23.3 Å². The van der Waals surface area contributed by atoms with Crippen LogP contribution in [0.25, 0.3) is 0 Å². The molecule has 0 aromatic heterocycles. The molecule has 2 aliphatic rings. The van der Waals surface area contributed by atoms with E-state index in [2.05, 4.69) is 90.8 Å². The highest BCUT2D eigenvalue weighted by Gasteiger charge is 2.63.